The molecule has 1 aliphatic heterocycles. The maximum atomic E-state index is 12.9. The number of rotatable bonds is 5. The van der Waals surface area contributed by atoms with Crippen LogP contribution < -0.4 is 15.1 Å². The van der Waals surface area contributed by atoms with Crippen molar-refractivity contribution >= 4 is 49.6 Å². The van der Waals surface area contributed by atoms with Gasteiger partial charge in [0.25, 0.3) is 0 Å². The zero-order valence-corrected chi connectivity index (χ0v) is 19.8. The second kappa shape index (κ2) is 8.25. The molecule has 1 aromatic heterocycles. The molecule has 2 aromatic carbocycles. The monoisotopic (exact) mass is 482 g/mol. The second-order valence-electron chi connectivity index (χ2n) is 8.51. The summed E-state index contributed by atoms with van der Waals surface area (Å²) in [5.41, 5.74) is 4.10. The van der Waals surface area contributed by atoms with Crippen LogP contribution in [0.2, 0.25) is 0 Å². The van der Waals surface area contributed by atoms with E-state index in [-0.39, 0.29) is 31.3 Å². The van der Waals surface area contributed by atoms with Gasteiger partial charge in [-0.3, -0.25) is 0 Å². The summed E-state index contributed by atoms with van der Waals surface area (Å²) in [6.45, 7) is 8.14. The summed E-state index contributed by atoms with van der Waals surface area (Å²) >= 11 is -0.173. The number of benzene rings is 2. The zero-order chi connectivity index (χ0) is 22.2. The van der Waals surface area contributed by atoms with Gasteiger partial charge in [-0.1, -0.05) is 0 Å². The van der Waals surface area contributed by atoms with Crippen LogP contribution in [0.3, 0.4) is 0 Å². The van der Waals surface area contributed by atoms with Gasteiger partial charge in [-0.15, -0.1) is 0 Å². The molecule has 2 N–H and O–H groups in total. The van der Waals surface area contributed by atoms with Crippen LogP contribution in [-0.2, 0) is 15.0 Å². The Morgan fingerprint density at radius 2 is 1.87 bits per heavy atom. The molecular weight excluding hydrogens is 455 g/mol. The van der Waals surface area contributed by atoms with Crippen molar-refractivity contribution < 1.29 is 9.59 Å². The number of H-pyrrole nitrogens is 1. The fraction of sp³-hybridized carbons (Fsp3) is 0.250. The number of fused-ring (bicyclic) bond motifs is 1. The molecule has 1 unspecified atom stereocenters. The molecule has 2 heterocycles. The van der Waals surface area contributed by atoms with Crippen LogP contribution in [0.4, 0.5) is 11.4 Å². The van der Waals surface area contributed by atoms with Crippen molar-refractivity contribution in [1.29, 1.82) is 0 Å². The van der Waals surface area contributed by atoms with Gasteiger partial charge < -0.3 is 0 Å². The number of para-hydroxylation sites is 1. The predicted octanol–water partition coefficient (Wildman–Crippen LogP) is 3.87. The standard InChI is InChI=1S/C24H26N4O2Se/c1-16(30)28(21-13-25-20-8-6-5-7-19(20)21)23-27(14-22(31-23)26-15-29)18-11-9-17(10-12-18)24(2,3)4/h5-15,23,25H,1-4H3,(H,26,29). The van der Waals surface area contributed by atoms with Crippen LogP contribution in [0, 0.1) is 0 Å². The summed E-state index contributed by atoms with van der Waals surface area (Å²) in [4.78, 5) is 31.2. The van der Waals surface area contributed by atoms with Crippen molar-refractivity contribution in [2.75, 3.05) is 9.80 Å². The van der Waals surface area contributed by atoms with Gasteiger partial charge in [-0.05, 0) is 0 Å². The Labute approximate surface area is 188 Å². The first kappa shape index (κ1) is 21.2. The summed E-state index contributed by atoms with van der Waals surface area (Å²) in [6.07, 6.45) is 4.52. The SMILES string of the molecule is CC(=O)N(c1c[nH]c2ccccc12)C1[Se]C(NC=O)=CN1c1ccc(C(C)(C)C)cc1. The number of carbonyl (C=O) groups is 2. The van der Waals surface area contributed by atoms with Crippen molar-refractivity contribution in [3.05, 3.63) is 71.1 Å². The van der Waals surface area contributed by atoms with Gasteiger partial charge in [-0.2, -0.15) is 0 Å². The third kappa shape index (κ3) is 4.11. The van der Waals surface area contributed by atoms with Crippen molar-refractivity contribution in [1.82, 2.24) is 10.3 Å². The van der Waals surface area contributed by atoms with E-state index in [2.05, 4.69) is 60.2 Å². The van der Waals surface area contributed by atoms with Crippen molar-refractivity contribution in [3.8, 4) is 0 Å². The third-order valence-electron chi connectivity index (χ3n) is 5.35. The Morgan fingerprint density at radius 3 is 2.52 bits per heavy atom. The fourth-order valence-corrected chi connectivity index (χ4v) is 6.21. The Balaban J connectivity index is 1.76. The number of nitrogens with zero attached hydrogens (tertiary/aromatic N) is 2. The molecule has 0 bridgehead atoms. The van der Waals surface area contributed by atoms with E-state index >= 15 is 0 Å². The molecule has 6 nitrogen and oxygen atoms in total. The Kier molecular flexibility index (Phi) is 5.65. The molecule has 0 saturated carbocycles. The van der Waals surface area contributed by atoms with E-state index in [0.717, 1.165) is 26.9 Å². The first-order valence-corrected chi connectivity index (χ1v) is 12.0. The third-order valence-corrected chi connectivity index (χ3v) is 7.71. The number of nitrogens with one attached hydrogen (secondary N) is 2. The van der Waals surface area contributed by atoms with Crippen LogP contribution in [-0.4, -0.2) is 37.3 Å². The van der Waals surface area contributed by atoms with Gasteiger partial charge in [0.15, 0.2) is 0 Å². The molecule has 160 valence electrons. The quantitative estimate of drug-likeness (QED) is 0.430. The average Bonchev–Trinajstić information content (AvgIpc) is 3.33. The number of hydrogen-bond donors (Lipinski definition) is 2. The summed E-state index contributed by atoms with van der Waals surface area (Å²) in [5, 5.41) is 3.57. The molecule has 1 aliphatic rings. The van der Waals surface area contributed by atoms with E-state index in [1.54, 1.807) is 6.92 Å². The number of carbonyl (C=O) groups excluding carboxylic acids is 2. The average molecular weight is 481 g/mol. The van der Waals surface area contributed by atoms with Crippen LogP contribution in [0.1, 0.15) is 33.3 Å². The van der Waals surface area contributed by atoms with E-state index in [1.807, 2.05) is 41.6 Å². The molecule has 3 aromatic rings. The molecule has 0 spiro atoms. The molecule has 2 amide bonds. The number of anilines is 2. The summed E-state index contributed by atoms with van der Waals surface area (Å²) in [5.74, 6) is -0.0475. The van der Waals surface area contributed by atoms with Crippen LogP contribution >= 0.6 is 0 Å². The molecule has 0 radical (unpaired) electrons. The van der Waals surface area contributed by atoms with Crippen molar-refractivity contribution in [2.24, 2.45) is 0 Å². The normalized spacial score (nSPS) is 16.3. The van der Waals surface area contributed by atoms with E-state index in [1.165, 1.54) is 5.56 Å². The van der Waals surface area contributed by atoms with Gasteiger partial charge in [-0.25, -0.2) is 0 Å². The van der Waals surface area contributed by atoms with Crippen LogP contribution in [0.5, 0.6) is 0 Å². The minimum atomic E-state index is -0.229. The predicted molar refractivity (Wildman–Crippen MR) is 126 cm³/mol. The van der Waals surface area contributed by atoms with E-state index in [9.17, 15) is 9.59 Å². The van der Waals surface area contributed by atoms with E-state index < -0.39 is 0 Å². The van der Waals surface area contributed by atoms with Gasteiger partial charge in [0.2, 0.25) is 0 Å². The molecule has 31 heavy (non-hydrogen) atoms. The van der Waals surface area contributed by atoms with Crippen molar-refractivity contribution in [3.63, 3.8) is 0 Å². The second-order valence-corrected chi connectivity index (χ2v) is 10.8. The molecular formula is C24H26N4O2Se. The van der Waals surface area contributed by atoms with E-state index in [4.69, 9.17) is 0 Å². The van der Waals surface area contributed by atoms with Crippen molar-refractivity contribution in [2.45, 2.75) is 38.2 Å². The molecule has 0 fully saturated rings. The molecule has 4 rings (SSSR count). The number of aromatic amines is 1. The minimum absolute atomic E-state index is 0.0475. The molecule has 0 saturated heterocycles. The summed E-state index contributed by atoms with van der Waals surface area (Å²) in [6, 6.07) is 16.4. The van der Waals surface area contributed by atoms with E-state index in [0.29, 0.717) is 6.41 Å². The summed E-state index contributed by atoms with van der Waals surface area (Å²) < 4.78 is 0.832. The molecule has 7 heteroatoms. The topological polar surface area (TPSA) is 68.4 Å². The van der Waals surface area contributed by atoms with Gasteiger partial charge in [0, 0.05) is 0 Å². The van der Waals surface area contributed by atoms with Gasteiger partial charge in [0.05, 0.1) is 0 Å². The number of aromatic nitrogens is 1. The van der Waals surface area contributed by atoms with Gasteiger partial charge in [0.1, 0.15) is 0 Å². The van der Waals surface area contributed by atoms with Crippen LogP contribution in [0.25, 0.3) is 10.9 Å². The number of amides is 2. The Hall–Kier alpha value is -3.02. The Morgan fingerprint density at radius 1 is 1.16 bits per heavy atom. The Bertz CT molecular complexity index is 1140. The number of hydrogen-bond acceptors (Lipinski definition) is 3. The zero-order valence-electron chi connectivity index (χ0n) is 18.0. The van der Waals surface area contributed by atoms with Gasteiger partial charge >= 0.3 is 189 Å². The molecule has 1 atom stereocenters. The first-order valence-electron chi connectivity index (χ1n) is 10.1. The fourth-order valence-electron chi connectivity index (χ4n) is 3.73. The maximum absolute atomic E-state index is 12.9. The summed E-state index contributed by atoms with van der Waals surface area (Å²) in [7, 11) is 0. The van der Waals surface area contributed by atoms with Crippen LogP contribution in [0.15, 0.2) is 65.5 Å². The molecule has 0 aliphatic carbocycles. The first-order chi connectivity index (χ1) is 14.8.